The van der Waals surface area contributed by atoms with E-state index in [-0.39, 0.29) is 5.91 Å². The van der Waals surface area contributed by atoms with Crippen LogP contribution in [0.5, 0.6) is 11.5 Å². The SMILES string of the molecule is COc1cc2c(cc1OC)[C@@H](c1cccc(C(F)(F)F)c1)N(C(=O)/C=C/c1ccccc1)CC2. The Balaban J connectivity index is 1.81. The van der Waals surface area contributed by atoms with Crippen molar-refractivity contribution in [3.63, 3.8) is 0 Å². The number of fused-ring (bicyclic) bond motifs is 1. The van der Waals surface area contributed by atoms with Crippen molar-refractivity contribution in [2.45, 2.75) is 18.6 Å². The van der Waals surface area contributed by atoms with Crippen LogP contribution < -0.4 is 9.47 Å². The van der Waals surface area contributed by atoms with E-state index in [1.54, 1.807) is 23.1 Å². The molecule has 0 fully saturated rings. The Bertz CT molecular complexity index is 1210. The molecule has 0 N–H and O–H groups in total. The van der Waals surface area contributed by atoms with Gasteiger partial charge in [0.25, 0.3) is 0 Å². The minimum Gasteiger partial charge on any atom is -0.493 e. The van der Waals surface area contributed by atoms with Crippen LogP contribution in [0.25, 0.3) is 6.08 Å². The van der Waals surface area contributed by atoms with Crippen LogP contribution in [0.4, 0.5) is 13.2 Å². The van der Waals surface area contributed by atoms with E-state index in [1.807, 2.05) is 36.4 Å². The number of carbonyl (C=O) groups excluding carboxylic acids is 1. The molecule has 0 aliphatic carbocycles. The Morgan fingerprint density at radius 3 is 2.35 bits per heavy atom. The van der Waals surface area contributed by atoms with Crippen LogP contribution in [0, 0.1) is 0 Å². The lowest BCUT2D eigenvalue weighted by atomic mass is 9.87. The standard InChI is InChI=1S/C27H24F3NO3/c1-33-23-16-19-13-14-31(25(32)12-11-18-7-4-3-5-8-18)26(22(19)17-24(23)34-2)20-9-6-10-21(15-20)27(28,29)30/h3-12,15-17,26H,13-14H2,1-2H3/b12-11+/t26-/m1/s1. The smallest absolute Gasteiger partial charge is 0.416 e. The van der Waals surface area contributed by atoms with Gasteiger partial charge in [0.05, 0.1) is 25.8 Å². The van der Waals surface area contributed by atoms with Crippen molar-refractivity contribution in [1.29, 1.82) is 0 Å². The average Bonchev–Trinajstić information content (AvgIpc) is 2.85. The fraction of sp³-hybridized carbons (Fsp3) is 0.222. The molecule has 4 rings (SSSR count). The number of hydrogen-bond acceptors (Lipinski definition) is 3. The second kappa shape index (κ2) is 9.63. The van der Waals surface area contributed by atoms with Gasteiger partial charge in [-0.2, -0.15) is 13.2 Å². The van der Waals surface area contributed by atoms with E-state index in [0.717, 1.165) is 23.3 Å². The summed E-state index contributed by atoms with van der Waals surface area (Å²) in [6.45, 7) is 0.349. The predicted octanol–water partition coefficient (Wildman–Crippen LogP) is 5.91. The third kappa shape index (κ3) is 4.78. The second-order valence-electron chi connectivity index (χ2n) is 7.96. The summed E-state index contributed by atoms with van der Waals surface area (Å²) in [5, 5.41) is 0. The highest BCUT2D eigenvalue weighted by Crippen LogP contribution is 2.42. The molecular weight excluding hydrogens is 443 g/mol. The molecule has 0 radical (unpaired) electrons. The average molecular weight is 467 g/mol. The van der Waals surface area contributed by atoms with Gasteiger partial charge in [0.2, 0.25) is 5.91 Å². The number of amides is 1. The lowest BCUT2D eigenvalue weighted by Gasteiger charge is -2.38. The van der Waals surface area contributed by atoms with E-state index in [9.17, 15) is 18.0 Å². The third-order valence-corrected chi connectivity index (χ3v) is 5.90. The first kappa shape index (κ1) is 23.4. The van der Waals surface area contributed by atoms with Gasteiger partial charge in [-0.1, -0.05) is 42.5 Å². The molecule has 34 heavy (non-hydrogen) atoms. The molecule has 3 aromatic carbocycles. The van der Waals surface area contributed by atoms with Crippen LogP contribution in [0.3, 0.4) is 0 Å². The van der Waals surface area contributed by atoms with Crippen molar-refractivity contribution in [2.75, 3.05) is 20.8 Å². The number of methoxy groups -OCH3 is 2. The summed E-state index contributed by atoms with van der Waals surface area (Å²) in [6.07, 6.45) is -0.791. The first-order valence-electron chi connectivity index (χ1n) is 10.8. The molecule has 4 nitrogen and oxygen atoms in total. The Labute approximate surface area is 196 Å². The maximum Gasteiger partial charge on any atom is 0.416 e. The van der Waals surface area contributed by atoms with Gasteiger partial charge in [-0.15, -0.1) is 0 Å². The summed E-state index contributed by atoms with van der Waals surface area (Å²) >= 11 is 0. The first-order valence-corrected chi connectivity index (χ1v) is 10.8. The number of benzene rings is 3. The summed E-state index contributed by atoms with van der Waals surface area (Å²) < 4.78 is 51.3. The maximum absolute atomic E-state index is 13.5. The van der Waals surface area contributed by atoms with Gasteiger partial charge < -0.3 is 14.4 Å². The fourth-order valence-corrected chi connectivity index (χ4v) is 4.26. The maximum atomic E-state index is 13.5. The first-order chi connectivity index (χ1) is 16.3. The number of rotatable bonds is 5. The molecule has 1 aliphatic rings. The highest BCUT2D eigenvalue weighted by molar-refractivity contribution is 5.92. The topological polar surface area (TPSA) is 38.8 Å². The highest BCUT2D eigenvalue weighted by atomic mass is 19.4. The second-order valence-corrected chi connectivity index (χ2v) is 7.96. The zero-order valence-electron chi connectivity index (χ0n) is 18.8. The van der Waals surface area contributed by atoms with E-state index in [0.29, 0.717) is 35.6 Å². The Kier molecular flexibility index (Phi) is 6.63. The predicted molar refractivity (Wildman–Crippen MR) is 124 cm³/mol. The number of nitrogens with zero attached hydrogens (tertiary/aromatic N) is 1. The molecule has 1 atom stereocenters. The van der Waals surface area contributed by atoms with Gasteiger partial charge >= 0.3 is 6.18 Å². The summed E-state index contributed by atoms with van der Waals surface area (Å²) in [5.74, 6) is 0.701. The lowest BCUT2D eigenvalue weighted by Crippen LogP contribution is -2.39. The van der Waals surface area contributed by atoms with Crippen LogP contribution in [0.2, 0.25) is 0 Å². The van der Waals surface area contributed by atoms with Crippen LogP contribution in [0.1, 0.15) is 33.9 Å². The summed E-state index contributed by atoms with van der Waals surface area (Å²) in [5.41, 5.74) is 2.09. The van der Waals surface area contributed by atoms with E-state index in [1.165, 1.54) is 26.4 Å². The molecule has 1 heterocycles. The Hall–Kier alpha value is -3.74. The van der Waals surface area contributed by atoms with Crippen LogP contribution >= 0.6 is 0 Å². The summed E-state index contributed by atoms with van der Waals surface area (Å²) in [4.78, 5) is 14.9. The van der Waals surface area contributed by atoms with Gasteiger partial charge in [0.15, 0.2) is 11.5 Å². The molecule has 0 unspecified atom stereocenters. The van der Waals surface area contributed by atoms with Crippen LogP contribution in [-0.2, 0) is 17.4 Å². The quantitative estimate of drug-likeness (QED) is 0.438. The molecule has 3 aromatic rings. The summed E-state index contributed by atoms with van der Waals surface area (Å²) in [6, 6.07) is 17.4. The van der Waals surface area contributed by atoms with Crippen LogP contribution in [-0.4, -0.2) is 31.6 Å². The van der Waals surface area contributed by atoms with Gasteiger partial charge in [0.1, 0.15) is 0 Å². The minimum absolute atomic E-state index is 0.285. The molecular formula is C27H24F3NO3. The molecule has 0 saturated heterocycles. The lowest BCUT2D eigenvalue weighted by molar-refractivity contribution is -0.137. The minimum atomic E-state index is -4.49. The zero-order valence-corrected chi connectivity index (χ0v) is 18.8. The monoisotopic (exact) mass is 467 g/mol. The number of alkyl halides is 3. The largest absolute Gasteiger partial charge is 0.493 e. The molecule has 1 amide bonds. The Morgan fingerprint density at radius 1 is 0.971 bits per heavy atom. The van der Waals surface area contributed by atoms with Gasteiger partial charge in [-0.3, -0.25) is 4.79 Å². The number of ether oxygens (including phenoxy) is 2. The molecule has 176 valence electrons. The molecule has 0 saturated carbocycles. The van der Waals surface area contributed by atoms with Gasteiger partial charge in [-0.05, 0) is 59.0 Å². The van der Waals surface area contributed by atoms with Gasteiger partial charge in [-0.25, -0.2) is 0 Å². The van der Waals surface area contributed by atoms with Gasteiger partial charge in [0, 0.05) is 12.6 Å². The van der Waals surface area contributed by atoms with Crippen molar-refractivity contribution >= 4 is 12.0 Å². The molecule has 0 bridgehead atoms. The Morgan fingerprint density at radius 2 is 1.68 bits per heavy atom. The fourth-order valence-electron chi connectivity index (χ4n) is 4.26. The molecule has 0 aromatic heterocycles. The van der Waals surface area contributed by atoms with Crippen molar-refractivity contribution in [3.05, 3.63) is 101 Å². The van der Waals surface area contributed by atoms with Crippen molar-refractivity contribution in [1.82, 2.24) is 4.90 Å². The summed E-state index contributed by atoms with van der Waals surface area (Å²) in [7, 11) is 3.03. The normalized spacial score (nSPS) is 15.8. The van der Waals surface area contributed by atoms with Crippen molar-refractivity contribution in [2.24, 2.45) is 0 Å². The van der Waals surface area contributed by atoms with E-state index >= 15 is 0 Å². The van der Waals surface area contributed by atoms with Crippen molar-refractivity contribution < 1.29 is 27.4 Å². The molecule has 1 aliphatic heterocycles. The highest BCUT2D eigenvalue weighted by Gasteiger charge is 2.35. The van der Waals surface area contributed by atoms with E-state index in [4.69, 9.17) is 9.47 Å². The third-order valence-electron chi connectivity index (χ3n) is 5.90. The van der Waals surface area contributed by atoms with Crippen LogP contribution in [0.15, 0.2) is 72.8 Å². The number of carbonyl (C=O) groups is 1. The molecule has 0 spiro atoms. The zero-order chi connectivity index (χ0) is 24.3. The number of halogens is 3. The molecule has 7 heteroatoms. The van der Waals surface area contributed by atoms with E-state index in [2.05, 4.69) is 0 Å². The number of hydrogen-bond donors (Lipinski definition) is 0. The van der Waals surface area contributed by atoms with Crippen molar-refractivity contribution in [3.8, 4) is 11.5 Å². The van der Waals surface area contributed by atoms with E-state index < -0.39 is 17.8 Å².